The monoisotopic (exact) mass is 462 g/mol. The van der Waals surface area contributed by atoms with Crippen molar-refractivity contribution in [2.75, 3.05) is 23.3 Å². The van der Waals surface area contributed by atoms with Gasteiger partial charge in [-0.15, -0.1) is 10.2 Å². The van der Waals surface area contributed by atoms with Crippen molar-refractivity contribution in [2.24, 2.45) is 0 Å². The highest BCUT2D eigenvalue weighted by Crippen LogP contribution is 2.31. The minimum absolute atomic E-state index is 0.182. The number of carbonyl (C=O) groups is 1. The fourth-order valence-electron chi connectivity index (χ4n) is 3.19. The molecule has 30 heavy (non-hydrogen) atoms. The molecule has 0 bridgehead atoms. The smallest absolute Gasteiger partial charge is 0.238 e. The van der Waals surface area contributed by atoms with Gasteiger partial charge in [0.2, 0.25) is 11.9 Å². The zero-order chi connectivity index (χ0) is 21.1. The number of benzene rings is 1. The summed E-state index contributed by atoms with van der Waals surface area (Å²) < 4.78 is 1.96. The van der Waals surface area contributed by atoms with Crippen LogP contribution in [-0.2, 0) is 4.79 Å². The molecule has 0 saturated carbocycles. The number of nitrogens with zero attached hydrogens (tertiary/aromatic N) is 5. The van der Waals surface area contributed by atoms with E-state index in [-0.39, 0.29) is 5.91 Å². The van der Waals surface area contributed by atoms with Crippen molar-refractivity contribution >= 4 is 52.6 Å². The molecular weight excluding hydrogens is 443 g/mol. The number of aromatic nitrogens is 4. The van der Waals surface area contributed by atoms with Gasteiger partial charge in [0, 0.05) is 24.3 Å². The molecule has 1 unspecified atom stereocenters. The van der Waals surface area contributed by atoms with E-state index in [1.165, 1.54) is 18.0 Å². The van der Waals surface area contributed by atoms with E-state index in [1.807, 2.05) is 35.8 Å². The van der Waals surface area contributed by atoms with Crippen molar-refractivity contribution in [2.45, 2.75) is 30.2 Å². The summed E-state index contributed by atoms with van der Waals surface area (Å²) in [7, 11) is 0. The van der Waals surface area contributed by atoms with Crippen LogP contribution in [0.1, 0.15) is 19.8 Å². The topological polar surface area (TPSA) is 75.9 Å². The summed E-state index contributed by atoms with van der Waals surface area (Å²) in [6, 6.07) is 10.9. The van der Waals surface area contributed by atoms with Gasteiger partial charge in [-0.3, -0.25) is 9.36 Å². The lowest BCUT2D eigenvalue weighted by Gasteiger charge is -2.19. The van der Waals surface area contributed by atoms with Crippen LogP contribution in [0.4, 0.5) is 11.8 Å². The highest BCUT2D eigenvalue weighted by Gasteiger charge is 2.25. The standard InChI is InChI=1S/C20H20Cl2N6OS/c1-13(18(29)24-17-8-7-15(22)12-23-17)30-20-26-25-19(27-9-2-3-10-27)28(20)16-6-4-5-14(21)11-16/h4-8,11-13H,2-3,9-10H2,1H3,(H,23,24,29). The van der Waals surface area contributed by atoms with Crippen LogP contribution in [-0.4, -0.2) is 44.0 Å². The quantitative estimate of drug-likeness (QED) is 0.535. The molecule has 1 N–H and O–H groups in total. The number of thioether (sulfide) groups is 1. The molecule has 10 heteroatoms. The second-order valence-corrected chi connectivity index (χ2v) is 9.08. The van der Waals surface area contributed by atoms with Crippen LogP contribution >= 0.6 is 35.0 Å². The first-order valence-electron chi connectivity index (χ1n) is 9.56. The van der Waals surface area contributed by atoms with Gasteiger partial charge in [-0.2, -0.15) is 0 Å². The highest BCUT2D eigenvalue weighted by molar-refractivity contribution is 8.00. The Hall–Kier alpha value is -2.29. The average Bonchev–Trinajstić information content (AvgIpc) is 3.39. The van der Waals surface area contributed by atoms with E-state index in [4.69, 9.17) is 23.2 Å². The van der Waals surface area contributed by atoms with Crippen LogP contribution in [0, 0.1) is 0 Å². The van der Waals surface area contributed by atoms with Crippen LogP contribution in [0.2, 0.25) is 10.0 Å². The van der Waals surface area contributed by atoms with E-state index in [1.54, 1.807) is 12.1 Å². The first kappa shape index (κ1) is 21.0. The summed E-state index contributed by atoms with van der Waals surface area (Å²) in [6.07, 6.45) is 3.74. The van der Waals surface area contributed by atoms with E-state index in [9.17, 15) is 4.79 Å². The predicted molar refractivity (Wildman–Crippen MR) is 121 cm³/mol. The van der Waals surface area contributed by atoms with Crippen molar-refractivity contribution in [1.82, 2.24) is 19.7 Å². The highest BCUT2D eigenvalue weighted by atomic mass is 35.5. The predicted octanol–water partition coefficient (Wildman–Crippen LogP) is 4.69. The minimum atomic E-state index is -0.420. The maximum absolute atomic E-state index is 12.7. The lowest BCUT2D eigenvalue weighted by atomic mass is 10.3. The lowest BCUT2D eigenvalue weighted by molar-refractivity contribution is -0.115. The Bertz CT molecular complexity index is 1040. The van der Waals surface area contributed by atoms with E-state index in [0.717, 1.165) is 37.6 Å². The van der Waals surface area contributed by atoms with Crippen molar-refractivity contribution in [3.8, 4) is 5.69 Å². The number of nitrogens with one attached hydrogen (secondary N) is 1. The summed E-state index contributed by atoms with van der Waals surface area (Å²) >= 11 is 13.4. The van der Waals surface area contributed by atoms with Crippen LogP contribution < -0.4 is 10.2 Å². The van der Waals surface area contributed by atoms with Gasteiger partial charge in [0.05, 0.1) is 16.0 Å². The zero-order valence-corrected chi connectivity index (χ0v) is 18.6. The Labute approximate surface area is 188 Å². The Morgan fingerprint density at radius 3 is 2.63 bits per heavy atom. The third-order valence-electron chi connectivity index (χ3n) is 4.70. The molecular formula is C20H20Cl2N6OS. The average molecular weight is 463 g/mol. The largest absolute Gasteiger partial charge is 0.341 e. The van der Waals surface area contributed by atoms with E-state index < -0.39 is 5.25 Å². The van der Waals surface area contributed by atoms with Gasteiger partial charge in [0.1, 0.15) is 5.82 Å². The van der Waals surface area contributed by atoms with Crippen LogP contribution in [0.25, 0.3) is 5.69 Å². The molecule has 1 aromatic carbocycles. The lowest BCUT2D eigenvalue weighted by Crippen LogP contribution is -2.24. The molecule has 3 heterocycles. The SMILES string of the molecule is CC(Sc1nnc(N2CCCC2)n1-c1cccc(Cl)c1)C(=O)Nc1ccc(Cl)cn1. The second-order valence-electron chi connectivity index (χ2n) is 6.90. The molecule has 4 rings (SSSR count). The van der Waals surface area contributed by atoms with E-state index >= 15 is 0 Å². The Morgan fingerprint density at radius 1 is 1.13 bits per heavy atom. The number of halogens is 2. The summed E-state index contributed by atoms with van der Waals surface area (Å²) in [4.78, 5) is 19.0. The van der Waals surface area contributed by atoms with Crippen LogP contribution in [0.3, 0.4) is 0 Å². The third-order valence-corrected chi connectivity index (χ3v) is 6.20. The molecule has 2 aromatic heterocycles. The number of anilines is 2. The molecule has 3 aromatic rings. The number of pyridine rings is 1. The summed E-state index contributed by atoms with van der Waals surface area (Å²) in [6.45, 7) is 3.69. The van der Waals surface area contributed by atoms with Crippen LogP contribution in [0.15, 0.2) is 47.8 Å². The van der Waals surface area contributed by atoms with Crippen molar-refractivity contribution in [1.29, 1.82) is 0 Å². The number of rotatable bonds is 6. The number of carbonyl (C=O) groups excluding carboxylic acids is 1. The van der Waals surface area contributed by atoms with Gasteiger partial charge in [0.15, 0.2) is 5.16 Å². The number of hydrogen-bond acceptors (Lipinski definition) is 6. The maximum atomic E-state index is 12.7. The molecule has 1 amide bonds. The van der Waals surface area contributed by atoms with Crippen molar-refractivity contribution < 1.29 is 4.79 Å². The molecule has 0 radical (unpaired) electrons. The molecule has 7 nitrogen and oxygen atoms in total. The zero-order valence-electron chi connectivity index (χ0n) is 16.3. The van der Waals surface area contributed by atoms with Crippen LogP contribution in [0.5, 0.6) is 0 Å². The van der Waals surface area contributed by atoms with Gasteiger partial charge in [-0.1, -0.05) is 41.0 Å². The minimum Gasteiger partial charge on any atom is -0.341 e. The first-order valence-corrected chi connectivity index (χ1v) is 11.2. The molecule has 156 valence electrons. The number of amides is 1. The molecule has 0 aliphatic carbocycles. The fourth-order valence-corrected chi connectivity index (χ4v) is 4.35. The van der Waals surface area contributed by atoms with Crippen molar-refractivity contribution in [3.63, 3.8) is 0 Å². The third kappa shape index (κ3) is 4.71. The van der Waals surface area contributed by atoms with Gasteiger partial charge >= 0.3 is 0 Å². The molecule has 1 aliphatic heterocycles. The molecule has 1 saturated heterocycles. The molecule has 1 atom stereocenters. The first-order chi connectivity index (χ1) is 14.5. The Balaban J connectivity index is 1.58. The van der Waals surface area contributed by atoms with Gasteiger partial charge in [-0.25, -0.2) is 4.98 Å². The van der Waals surface area contributed by atoms with Gasteiger partial charge in [0.25, 0.3) is 0 Å². The summed E-state index contributed by atoms with van der Waals surface area (Å²) in [5, 5.41) is 13.0. The number of hydrogen-bond donors (Lipinski definition) is 1. The normalized spacial score (nSPS) is 14.7. The molecule has 1 aliphatic rings. The van der Waals surface area contributed by atoms with E-state index in [0.29, 0.717) is 21.0 Å². The fraction of sp³-hybridized carbons (Fsp3) is 0.300. The van der Waals surface area contributed by atoms with Gasteiger partial charge < -0.3 is 10.2 Å². The summed E-state index contributed by atoms with van der Waals surface area (Å²) in [5.41, 5.74) is 0.865. The summed E-state index contributed by atoms with van der Waals surface area (Å²) in [5.74, 6) is 1.04. The Morgan fingerprint density at radius 2 is 1.93 bits per heavy atom. The Kier molecular flexibility index (Phi) is 6.46. The second kappa shape index (κ2) is 9.24. The van der Waals surface area contributed by atoms with Crippen molar-refractivity contribution in [3.05, 3.63) is 52.6 Å². The maximum Gasteiger partial charge on any atom is 0.238 e. The molecule has 1 fully saturated rings. The van der Waals surface area contributed by atoms with Gasteiger partial charge in [-0.05, 0) is 50.1 Å². The van der Waals surface area contributed by atoms with E-state index in [2.05, 4.69) is 25.4 Å². The molecule has 0 spiro atoms.